The molecule has 0 saturated heterocycles. The molecule has 1 N–H and O–H groups in total. The van der Waals surface area contributed by atoms with Crippen LogP contribution in [0.4, 0.5) is 0 Å². The maximum atomic E-state index is 9.69. The van der Waals surface area contributed by atoms with Gasteiger partial charge < -0.3 is 14.4 Å². The van der Waals surface area contributed by atoms with E-state index >= 15 is 0 Å². The standard InChI is InChI=1S/C12H16N4O3/c1-3-4-8(17)5-11-15-12(16-19-11)9-6-10(18-2)14-7-13-9/h6-8,17H,3-5H2,1-2H3. The summed E-state index contributed by atoms with van der Waals surface area (Å²) in [5.74, 6) is 1.19. The highest BCUT2D eigenvalue weighted by Crippen LogP contribution is 2.17. The molecule has 0 saturated carbocycles. The molecule has 0 fully saturated rings. The second-order valence-electron chi connectivity index (χ2n) is 4.10. The smallest absolute Gasteiger partial charge is 0.229 e. The molecule has 1 unspecified atom stereocenters. The number of nitrogens with zero attached hydrogens (tertiary/aromatic N) is 4. The van der Waals surface area contributed by atoms with Crippen molar-refractivity contribution in [2.75, 3.05) is 7.11 Å². The van der Waals surface area contributed by atoms with Gasteiger partial charge in [-0.1, -0.05) is 18.5 Å². The molecule has 0 amide bonds. The number of ether oxygens (including phenoxy) is 1. The number of hydrogen-bond acceptors (Lipinski definition) is 7. The third-order valence-electron chi connectivity index (χ3n) is 2.58. The quantitative estimate of drug-likeness (QED) is 0.838. The largest absolute Gasteiger partial charge is 0.481 e. The summed E-state index contributed by atoms with van der Waals surface area (Å²) in [7, 11) is 1.52. The minimum Gasteiger partial charge on any atom is -0.481 e. The molecule has 0 spiro atoms. The monoisotopic (exact) mass is 264 g/mol. The van der Waals surface area contributed by atoms with Gasteiger partial charge in [0.1, 0.15) is 12.0 Å². The third kappa shape index (κ3) is 3.47. The third-order valence-corrected chi connectivity index (χ3v) is 2.58. The van der Waals surface area contributed by atoms with Crippen LogP contribution in [0.2, 0.25) is 0 Å². The summed E-state index contributed by atoms with van der Waals surface area (Å²) in [6.07, 6.45) is 2.88. The Morgan fingerprint density at radius 1 is 1.42 bits per heavy atom. The zero-order valence-electron chi connectivity index (χ0n) is 10.9. The van der Waals surface area contributed by atoms with E-state index < -0.39 is 6.10 Å². The minimum absolute atomic E-state index is 0.350. The Labute approximate surface area is 110 Å². The molecule has 0 aliphatic heterocycles. The summed E-state index contributed by atoms with van der Waals surface area (Å²) in [5.41, 5.74) is 0.520. The van der Waals surface area contributed by atoms with Gasteiger partial charge in [-0.2, -0.15) is 4.98 Å². The fourth-order valence-corrected chi connectivity index (χ4v) is 1.65. The van der Waals surface area contributed by atoms with E-state index in [2.05, 4.69) is 20.1 Å². The summed E-state index contributed by atoms with van der Waals surface area (Å²) in [6.45, 7) is 2.01. The molecule has 0 bridgehead atoms. The zero-order chi connectivity index (χ0) is 13.7. The van der Waals surface area contributed by atoms with Crippen LogP contribution in [0.1, 0.15) is 25.7 Å². The van der Waals surface area contributed by atoms with Crippen molar-refractivity contribution >= 4 is 0 Å². The Morgan fingerprint density at radius 2 is 2.26 bits per heavy atom. The molecule has 0 radical (unpaired) electrons. The first-order valence-electron chi connectivity index (χ1n) is 6.10. The number of methoxy groups -OCH3 is 1. The van der Waals surface area contributed by atoms with Crippen molar-refractivity contribution in [2.45, 2.75) is 32.3 Å². The fraction of sp³-hybridized carbons (Fsp3) is 0.500. The molecular weight excluding hydrogens is 248 g/mol. The van der Waals surface area contributed by atoms with Crippen molar-refractivity contribution in [1.29, 1.82) is 0 Å². The second-order valence-corrected chi connectivity index (χ2v) is 4.10. The maximum Gasteiger partial charge on any atom is 0.229 e. The SMILES string of the molecule is CCCC(O)Cc1nc(-c2cc(OC)ncn2)no1. The van der Waals surface area contributed by atoms with Crippen LogP contribution in [0.25, 0.3) is 11.5 Å². The molecular formula is C12H16N4O3. The van der Waals surface area contributed by atoms with Gasteiger partial charge in [0, 0.05) is 6.07 Å². The molecule has 2 heterocycles. The van der Waals surface area contributed by atoms with E-state index in [0.717, 1.165) is 6.42 Å². The predicted molar refractivity (Wildman–Crippen MR) is 66.5 cm³/mol. The van der Waals surface area contributed by atoms with E-state index in [4.69, 9.17) is 9.26 Å². The lowest BCUT2D eigenvalue weighted by Crippen LogP contribution is -2.09. The lowest BCUT2D eigenvalue weighted by molar-refractivity contribution is 0.152. The number of aromatic nitrogens is 4. The van der Waals surface area contributed by atoms with Crippen LogP contribution in [0, 0.1) is 0 Å². The van der Waals surface area contributed by atoms with E-state index in [1.165, 1.54) is 13.4 Å². The van der Waals surface area contributed by atoms with Crippen LogP contribution in [-0.4, -0.2) is 38.4 Å². The van der Waals surface area contributed by atoms with E-state index in [1.807, 2.05) is 6.92 Å². The highest BCUT2D eigenvalue weighted by Gasteiger charge is 2.14. The van der Waals surface area contributed by atoms with Crippen molar-refractivity contribution in [3.63, 3.8) is 0 Å². The number of hydrogen-bond donors (Lipinski definition) is 1. The molecule has 2 aromatic rings. The van der Waals surface area contributed by atoms with Gasteiger partial charge in [-0.25, -0.2) is 9.97 Å². The van der Waals surface area contributed by atoms with E-state index in [9.17, 15) is 5.11 Å². The van der Waals surface area contributed by atoms with E-state index in [1.54, 1.807) is 6.07 Å². The Morgan fingerprint density at radius 3 is 3.00 bits per heavy atom. The van der Waals surface area contributed by atoms with Gasteiger partial charge in [0.25, 0.3) is 0 Å². The first-order valence-corrected chi connectivity index (χ1v) is 6.10. The van der Waals surface area contributed by atoms with Crippen LogP contribution in [0.15, 0.2) is 16.9 Å². The highest BCUT2D eigenvalue weighted by molar-refractivity contribution is 5.49. The second kappa shape index (κ2) is 6.24. The molecule has 2 rings (SSSR count). The summed E-state index contributed by atoms with van der Waals surface area (Å²) in [6, 6.07) is 1.62. The zero-order valence-corrected chi connectivity index (χ0v) is 10.9. The topological polar surface area (TPSA) is 94.2 Å². The van der Waals surface area contributed by atoms with Crippen molar-refractivity contribution < 1.29 is 14.4 Å². The average Bonchev–Trinajstić information content (AvgIpc) is 2.87. The van der Waals surface area contributed by atoms with E-state index in [-0.39, 0.29) is 0 Å². The molecule has 0 aromatic carbocycles. The summed E-state index contributed by atoms with van der Waals surface area (Å²) < 4.78 is 10.1. The van der Waals surface area contributed by atoms with Gasteiger partial charge in [-0.05, 0) is 6.42 Å². The predicted octanol–water partition coefficient (Wildman–Crippen LogP) is 1.24. The normalized spacial score (nSPS) is 12.4. The van der Waals surface area contributed by atoms with Gasteiger partial charge >= 0.3 is 0 Å². The molecule has 0 aliphatic carbocycles. The van der Waals surface area contributed by atoms with Crippen LogP contribution in [-0.2, 0) is 6.42 Å². The Balaban J connectivity index is 2.11. The molecule has 1 atom stereocenters. The van der Waals surface area contributed by atoms with E-state index in [0.29, 0.717) is 36.1 Å². The first kappa shape index (κ1) is 13.4. The van der Waals surface area contributed by atoms with Gasteiger partial charge in [0.15, 0.2) is 0 Å². The van der Waals surface area contributed by atoms with Crippen LogP contribution in [0.5, 0.6) is 5.88 Å². The van der Waals surface area contributed by atoms with Crippen LogP contribution < -0.4 is 4.74 Å². The van der Waals surface area contributed by atoms with Gasteiger partial charge in [-0.3, -0.25) is 0 Å². The molecule has 19 heavy (non-hydrogen) atoms. The van der Waals surface area contributed by atoms with Crippen molar-refractivity contribution in [1.82, 2.24) is 20.1 Å². The summed E-state index contributed by atoms with van der Waals surface area (Å²) >= 11 is 0. The first-order chi connectivity index (χ1) is 9.22. The maximum absolute atomic E-state index is 9.69. The fourth-order valence-electron chi connectivity index (χ4n) is 1.65. The Bertz CT molecular complexity index is 529. The molecule has 2 aromatic heterocycles. The Kier molecular flexibility index (Phi) is 4.40. The van der Waals surface area contributed by atoms with Crippen molar-refractivity contribution in [3.05, 3.63) is 18.3 Å². The lowest BCUT2D eigenvalue weighted by atomic mass is 10.1. The molecule has 7 nitrogen and oxygen atoms in total. The van der Waals surface area contributed by atoms with Crippen molar-refractivity contribution in [3.8, 4) is 17.4 Å². The van der Waals surface area contributed by atoms with Crippen LogP contribution in [0.3, 0.4) is 0 Å². The highest BCUT2D eigenvalue weighted by atomic mass is 16.5. The summed E-state index contributed by atoms with van der Waals surface area (Å²) in [5, 5.41) is 13.5. The van der Waals surface area contributed by atoms with Crippen LogP contribution >= 0.6 is 0 Å². The minimum atomic E-state index is -0.460. The molecule has 0 aliphatic rings. The van der Waals surface area contributed by atoms with Gasteiger partial charge in [0.05, 0.1) is 19.6 Å². The number of rotatable bonds is 6. The van der Waals surface area contributed by atoms with Gasteiger partial charge in [-0.15, -0.1) is 0 Å². The average molecular weight is 264 g/mol. The lowest BCUT2D eigenvalue weighted by Gasteiger charge is -2.03. The number of aliphatic hydroxyl groups is 1. The molecule has 7 heteroatoms. The summed E-state index contributed by atoms with van der Waals surface area (Å²) in [4.78, 5) is 12.1. The van der Waals surface area contributed by atoms with Gasteiger partial charge in [0.2, 0.25) is 17.6 Å². The molecule has 102 valence electrons. The van der Waals surface area contributed by atoms with Crippen molar-refractivity contribution in [2.24, 2.45) is 0 Å². The Hall–Kier alpha value is -2.02. The number of aliphatic hydroxyl groups excluding tert-OH is 1.